The maximum absolute atomic E-state index is 3.62. The lowest BCUT2D eigenvalue weighted by Gasteiger charge is -2.19. The Balaban J connectivity index is 2.15. The molecule has 1 heteroatoms. The van der Waals surface area contributed by atoms with Crippen molar-refractivity contribution in [3.05, 3.63) is 64.7 Å². The normalized spacial score (nSPS) is 12.5. The van der Waals surface area contributed by atoms with Crippen molar-refractivity contribution >= 4 is 5.69 Å². The topological polar surface area (TPSA) is 12.0 Å². The molecule has 0 radical (unpaired) electrons. The molecule has 1 atom stereocenters. The summed E-state index contributed by atoms with van der Waals surface area (Å²) in [5.41, 5.74) is 6.61. The van der Waals surface area contributed by atoms with Crippen LogP contribution in [0.4, 0.5) is 5.69 Å². The predicted molar refractivity (Wildman–Crippen MR) is 88.5 cm³/mol. The monoisotopic (exact) mass is 267 g/mol. The van der Waals surface area contributed by atoms with Crippen molar-refractivity contribution in [2.45, 2.75) is 46.6 Å². The quantitative estimate of drug-likeness (QED) is 0.760. The summed E-state index contributed by atoms with van der Waals surface area (Å²) >= 11 is 0. The van der Waals surface area contributed by atoms with Gasteiger partial charge in [0.1, 0.15) is 0 Å². The van der Waals surface area contributed by atoms with Gasteiger partial charge in [0.2, 0.25) is 0 Å². The Morgan fingerprint density at radius 2 is 1.40 bits per heavy atom. The molecular weight excluding hydrogens is 242 g/mol. The van der Waals surface area contributed by atoms with Gasteiger partial charge >= 0.3 is 0 Å². The van der Waals surface area contributed by atoms with Gasteiger partial charge in [-0.3, -0.25) is 0 Å². The number of hydrogen-bond acceptors (Lipinski definition) is 1. The summed E-state index contributed by atoms with van der Waals surface area (Å²) in [5.74, 6) is 0.589. The van der Waals surface area contributed by atoms with E-state index in [9.17, 15) is 0 Å². The van der Waals surface area contributed by atoms with Crippen molar-refractivity contribution < 1.29 is 0 Å². The van der Waals surface area contributed by atoms with Crippen LogP contribution in [-0.2, 0) is 0 Å². The van der Waals surface area contributed by atoms with Crippen LogP contribution >= 0.6 is 0 Å². The Hall–Kier alpha value is -1.76. The maximum Gasteiger partial charge on any atom is 0.0485 e. The molecule has 0 spiro atoms. The Morgan fingerprint density at radius 3 is 2.00 bits per heavy atom. The van der Waals surface area contributed by atoms with Crippen LogP contribution in [0.15, 0.2) is 42.5 Å². The van der Waals surface area contributed by atoms with Gasteiger partial charge in [0, 0.05) is 11.7 Å². The lowest BCUT2D eigenvalue weighted by molar-refractivity contribution is 0.851. The minimum absolute atomic E-state index is 0.316. The molecule has 0 amide bonds. The molecule has 1 N–H and O–H groups in total. The molecule has 0 aliphatic carbocycles. The number of nitrogens with one attached hydrogen (secondary N) is 1. The molecular formula is C19H25N. The number of aryl methyl sites for hydroxylation is 1. The molecule has 106 valence electrons. The van der Waals surface area contributed by atoms with E-state index in [1.807, 2.05) is 0 Å². The third-order valence-corrected chi connectivity index (χ3v) is 4.08. The van der Waals surface area contributed by atoms with Gasteiger partial charge in [0.25, 0.3) is 0 Å². The second-order valence-electron chi connectivity index (χ2n) is 5.93. The van der Waals surface area contributed by atoms with Crippen molar-refractivity contribution in [3.63, 3.8) is 0 Å². The Morgan fingerprint density at radius 1 is 0.800 bits per heavy atom. The highest BCUT2D eigenvalue weighted by molar-refractivity contribution is 5.55. The zero-order chi connectivity index (χ0) is 14.7. The highest BCUT2D eigenvalue weighted by Gasteiger charge is 2.08. The summed E-state index contributed by atoms with van der Waals surface area (Å²) in [7, 11) is 0. The summed E-state index contributed by atoms with van der Waals surface area (Å²) in [5, 5.41) is 3.62. The number of benzene rings is 2. The smallest absolute Gasteiger partial charge is 0.0485 e. The van der Waals surface area contributed by atoms with Crippen LogP contribution in [0.5, 0.6) is 0 Å². The van der Waals surface area contributed by atoms with E-state index >= 15 is 0 Å². The Labute approximate surface area is 123 Å². The van der Waals surface area contributed by atoms with Crippen molar-refractivity contribution in [1.29, 1.82) is 0 Å². The lowest BCUT2D eigenvalue weighted by atomic mass is 9.99. The van der Waals surface area contributed by atoms with Crippen LogP contribution in [0.2, 0.25) is 0 Å². The molecule has 1 unspecified atom stereocenters. The highest BCUT2D eigenvalue weighted by atomic mass is 14.9. The standard InChI is InChI=1S/C19H25N/c1-13(2)17-9-11-18(12-10-17)16(5)20-19-8-6-7-14(3)15(19)4/h6-13,16,20H,1-5H3. The van der Waals surface area contributed by atoms with Crippen LogP contribution in [0.1, 0.15) is 55.0 Å². The molecule has 1 nitrogen and oxygen atoms in total. The number of hydrogen-bond donors (Lipinski definition) is 1. The van der Waals surface area contributed by atoms with E-state index in [0.29, 0.717) is 12.0 Å². The molecule has 0 saturated carbocycles. The maximum atomic E-state index is 3.62. The molecule has 0 saturated heterocycles. The second-order valence-corrected chi connectivity index (χ2v) is 5.93. The first-order valence-corrected chi connectivity index (χ1v) is 7.41. The molecule has 0 heterocycles. The average Bonchev–Trinajstić information content (AvgIpc) is 2.44. The molecule has 20 heavy (non-hydrogen) atoms. The summed E-state index contributed by atoms with van der Waals surface area (Å²) in [4.78, 5) is 0. The van der Waals surface area contributed by atoms with Gasteiger partial charge in [-0.15, -0.1) is 0 Å². The molecule has 0 aliphatic rings. The molecule has 2 aromatic carbocycles. The van der Waals surface area contributed by atoms with Gasteiger partial charge < -0.3 is 5.32 Å². The molecule has 0 bridgehead atoms. The Kier molecular flexibility index (Phi) is 4.49. The lowest BCUT2D eigenvalue weighted by Crippen LogP contribution is -2.08. The third-order valence-electron chi connectivity index (χ3n) is 4.08. The summed E-state index contributed by atoms with van der Waals surface area (Å²) in [6.45, 7) is 11.0. The summed E-state index contributed by atoms with van der Waals surface area (Å²) in [6, 6.07) is 15.7. The number of rotatable bonds is 4. The van der Waals surface area contributed by atoms with Gasteiger partial charge in [-0.1, -0.05) is 50.2 Å². The van der Waals surface area contributed by atoms with E-state index in [4.69, 9.17) is 0 Å². The third kappa shape index (κ3) is 3.22. The van der Waals surface area contributed by atoms with Crippen molar-refractivity contribution in [2.24, 2.45) is 0 Å². The van der Waals surface area contributed by atoms with Crippen LogP contribution < -0.4 is 5.32 Å². The van der Waals surface area contributed by atoms with E-state index in [1.165, 1.54) is 27.9 Å². The second kappa shape index (κ2) is 6.13. The van der Waals surface area contributed by atoms with Gasteiger partial charge in [-0.05, 0) is 55.0 Å². The van der Waals surface area contributed by atoms with Gasteiger partial charge in [-0.2, -0.15) is 0 Å². The summed E-state index contributed by atoms with van der Waals surface area (Å²) < 4.78 is 0. The number of anilines is 1. The van der Waals surface area contributed by atoms with E-state index in [2.05, 4.69) is 82.4 Å². The first-order valence-electron chi connectivity index (χ1n) is 7.41. The minimum Gasteiger partial charge on any atom is -0.378 e. The van der Waals surface area contributed by atoms with Crippen LogP contribution in [0.25, 0.3) is 0 Å². The van der Waals surface area contributed by atoms with E-state index in [-0.39, 0.29) is 0 Å². The van der Waals surface area contributed by atoms with E-state index in [1.54, 1.807) is 0 Å². The molecule has 0 fully saturated rings. The first kappa shape index (κ1) is 14.6. The Bertz CT molecular complexity index is 567. The molecule has 2 rings (SSSR count). The average molecular weight is 267 g/mol. The fourth-order valence-electron chi connectivity index (χ4n) is 2.39. The zero-order valence-corrected chi connectivity index (χ0v) is 13.2. The highest BCUT2D eigenvalue weighted by Crippen LogP contribution is 2.25. The van der Waals surface area contributed by atoms with Crippen molar-refractivity contribution in [3.8, 4) is 0 Å². The first-order chi connectivity index (χ1) is 9.49. The van der Waals surface area contributed by atoms with Gasteiger partial charge in [0.15, 0.2) is 0 Å². The van der Waals surface area contributed by atoms with E-state index in [0.717, 1.165) is 0 Å². The van der Waals surface area contributed by atoms with Crippen LogP contribution in [0, 0.1) is 13.8 Å². The van der Waals surface area contributed by atoms with Crippen molar-refractivity contribution in [2.75, 3.05) is 5.32 Å². The predicted octanol–water partition coefficient (Wildman–Crippen LogP) is 5.60. The SMILES string of the molecule is Cc1cccc(NC(C)c2ccc(C(C)C)cc2)c1C. The minimum atomic E-state index is 0.316. The largest absolute Gasteiger partial charge is 0.378 e. The van der Waals surface area contributed by atoms with Crippen LogP contribution in [0.3, 0.4) is 0 Å². The molecule has 0 aliphatic heterocycles. The van der Waals surface area contributed by atoms with Gasteiger partial charge in [0.05, 0.1) is 0 Å². The van der Waals surface area contributed by atoms with Crippen molar-refractivity contribution in [1.82, 2.24) is 0 Å². The summed E-state index contributed by atoms with van der Waals surface area (Å²) in [6.07, 6.45) is 0. The van der Waals surface area contributed by atoms with Crippen LogP contribution in [-0.4, -0.2) is 0 Å². The molecule has 0 aromatic heterocycles. The van der Waals surface area contributed by atoms with Gasteiger partial charge in [-0.25, -0.2) is 0 Å². The zero-order valence-electron chi connectivity index (χ0n) is 13.2. The fourth-order valence-corrected chi connectivity index (χ4v) is 2.39. The molecule has 2 aromatic rings. The van der Waals surface area contributed by atoms with E-state index < -0.39 is 0 Å². The fraction of sp³-hybridized carbons (Fsp3) is 0.368.